The van der Waals surface area contributed by atoms with E-state index in [2.05, 4.69) is 28.1 Å². The Balaban J connectivity index is 0.00000341. The van der Waals surface area contributed by atoms with E-state index >= 15 is 0 Å². The van der Waals surface area contributed by atoms with E-state index in [1.54, 1.807) is 26.1 Å². The quantitative estimate of drug-likeness (QED) is 0.644. The number of hydrogen-bond acceptors (Lipinski definition) is 5. The topological polar surface area (TPSA) is 48.1 Å². The van der Waals surface area contributed by atoms with Crippen LogP contribution in [0.15, 0.2) is 36.4 Å². The molecule has 0 bridgehead atoms. The van der Waals surface area contributed by atoms with Crippen molar-refractivity contribution in [2.24, 2.45) is 0 Å². The van der Waals surface area contributed by atoms with Gasteiger partial charge in [-0.2, -0.15) is 0 Å². The number of carbonyl (C=O) groups excluding carboxylic acids is 1. The minimum atomic E-state index is 0. The third-order valence-electron chi connectivity index (χ3n) is 5.33. The maximum atomic E-state index is 12.7. The number of carbonyl (C=O) groups is 1. The number of piperazine rings is 1. The van der Waals surface area contributed by atoms with Gasteiger partial charge in [0.15, 0.2) is 0 Å². The first kappa shape index (κ1) is 25.0. The molecule has 170 valence electrons. The SMILES string of the molecule is CCCNc1c(C(=O)N(C)C)cccc1N1CCN(c2cc(Cl)ccc2OC)CC1.Cl. The van der Waals surface area contributed by atoms with Gasteiger partial charge in [-0.15, -0.1) is 12.4 Å². The van der Waals surface area contributed by atoms with E-state index in [1.165, 1.54) is 0 Å². The standard InChI is InChI=1S/C23H31ClN4O2.ClH/c1-5-11-25-22-18(23(29)26(2)3)7-6-8-19(22)27-12-14-28(15-13-27)20-16-17(24)9-10-21(20)30-4;/h6-10,16,25H,5,11-15H2,1-4H3;1H. The van der Waals surface area contributed by atoms with Gasteiger partial charge in [-0.1, -0.05) is 24.6 Å². The highest BCUT2D eigenvalue weighted by atomic mass is 35.5. The molecule has 0 unspecified atom stereocenters. The summed E-state index contributed by atoms with van der Waals surface area (Å²) in [4.78, 5) is 19.0. The average Bonchev–Trinajstić information content (AvgIpc) is 2.77. The highest BCUT2D eigenvalue weighted by Gasteiger charge is 2.24. The van der Waals surface area contributed by atoms with Crippen LogP contribution in [0.1, 0.15) is 23.7 Å². The number of benzene rings is 2. The third kappa shape index (κ3) is 5.69. The van der Waals surface area contributed by atoms with Crippen LogP contribution in [-0.4, -0.2) is 64.7 Å². The van der Waals surface area contributed by atoms with E-state index in [9.17, 15) is 4.79 Å². The van der Waals surface area contributed by atoms with Crippen LogP contribution in [-0.2, 0) is 0 Å². The molecular weight excluding hydrogens is 435 g/mol. The van der Waals surface area contributed by atoms with Gasteiger partial charge in [0.1, 0.15) is 5.75 Å². The molecule has 2 aromatic rings. The van der Waals surface area contributed by atoms with Gasteiger partial charge in [0.2, 0.25) is 0 Å². The van der Waals surface area contributed by atoms with E-state index in [1.807, 2.05) is 30.3 Å². The lowest BCUT2D eigenvalue weighted by Crippen LogP contribution is -2.47. The maximum absolute atomic E-state index is 12.7. The highest BCUT2D eigenvalue weighted by molar-refractivity contribution is 6.31. The number of ether oxygens (including phenoxy) is 1. The fraction of sp³-hybridized carbons (Fsp3) is 0.435. The Kier molecular flexibility index (Phi) is 9.14. The predicted octanol–water partition coefficient (Wildman–Crippen LogP) is 4.62. The van der Waals surface area contributed by atoms with E-state index < -0.39 is 0 Å². The van der Waals surface area contributed by atoms with Crippen LogP contribution >= 0.6 is 24.0 Å². The summed E-state index contributed by atoms with van der Waals surface area (Å²) < 4.78 is 5.53. The van der Waals surface area contributed by atoms with Gasteiger partial charge >= 0.3 is 0 Å². The van der Waals surface area contributed by atoms with Gasteiger partial charge in [-0.05, 0) is 36.8 Å². The molecule has 1 amide bonds. The minimum absolute atomic E-state index is 0. The zero-order valence-electron chi connectivity index (χ0n) is 18.7. The number of nitrogens with zero attached hydrogens (tertiary/aromatic N) is 3. The van der Waals surface area contributed by atoms with Crippen molar-refractivity contribution in [3.8, 4) is 5.75 Å². The second kappa shape index (κ2) is 11.3. The van der Waals surface area contributed by atoms with Crippen molar-refractivity contribution in [3.63, 3.8) is 0 Å². The highest BCUT2D eigenvalue weighted by Crippen LogP contribution is 2.35. The van der Waals surface area contributed by atoms with Gasteiger partial charge in [-0.25, -0.2) is 0 Å². The maximum Gasteiger partial charge on any atom is 0.255 e. The van der Waals surface area contributed by atoms with Crippen LogP contribution < -0.4 is 19.9 Å². The van der Waals surface area contributed by atoms with E-state index in [4.69, 9.17) is 16.3 Å². The fourth-order valence-corrected chi connectivity index (χ4v) is 3.92. The summed E-state index contributed by atoms with van der Waals surface area (Å²) in [6, 6.07) is 11.7. The first-order chi connectivity index (χ1) is 14.5. The molecule has 1 saturated heterocycles. The van der Waals surface area contributed by atoms with Crippen LogP contribution in [0.25, 0.3) is 0 Å². The number of nitrogens with one attached hydrogen (secondary N) is 1. The van der Waals surface area contributed by atoms with Gasteiger partial charge in [0.05, 0.1) is 29.7 Å². The normalized spacial score (nSPS) is 13.5. The molecule has 1 N–H and O–H groups in total. The summed E-state index contributed by atoms with van der Waals surface area (Å²) in [6.45, 7) is 6.32. The first-order valence-corrected chi connectivity index (χ1v) is 10.8. The molecule has 0 spiro atoms. The zero-order valence-corrected chi connectivity index (χ0v) is 20.2. The summed E-state index contributed by atoms with van der Waals surface area (Å²) in [5.41, 5.74) is 3.73. The smallest absolute Gasteiger partial charge is 0.255 e. The molecule has 0 radical (unpaired) electrons. The number of amides is 1. The molecule has 0 saturated carbocycles. The first-order valence-electron chi connectivity index (χ1n) is 10.4. The second-order valence-corrected chi connectivity index (χ2v) is 8.05. The zero-order chi connectivity index (χ0) is 21.7. The second-order valence-electron chi connectivity index (χ2n) is 7.62. The summed E-state index contributed by atoms with van der Waals surface area (Å²) in [6.07, 6.45) is 0.992. The van der Waals surface area contributed by atoms with Gasteiger partial charge in [0, 0.05) is 51.8 Å². The monoisotopic (exact) mass is 466 g/mol. The summed E-state index contributed by atoms with van der Waals surface area (Å²) in [7, 11) is 5.26. The fourth-order valence-electron chi connectivity index (χ4n) is 3.76. The predicted molar refractivity (Wildman–Crippen MR) is 133 cm³/mol. The van der Waals surface area contributed by atoms with Crippen molar-refractivity contribution in [1.29, 1.82) is 0 Å². The van der Waals surface area contributed by atoms with Crippen LogP contribution in [0.3, 0.4) is 0 Å². The molecule has 0 aliphatic carbocycles. The molecular formula is C23H32Cl2N4O2. The number of rotatable bonds is 7. The number of anilines is 3. The van der Waals surface area contributed by atoms with E-state index in [0.29, 0.717) is 10.6 Å². The van der Waals surface area contributed by atoms with Crippen molar-refractivity contribution >= 4 is 47.0 Å². The van der Waals surface area contributed by atoms with Crippen molar-refractivity contribution in [2.45, 2.75) is 13.3 Å². The van der Waals surface area contributed by atoms with Crippen molar-refractivity contribution in [1.82, 2.24) is 4.90 Å². The van der Waals surface area contributed by atoms with E-state index in [-0.39, 0.29) is 18.3 Å². The van der Waals surface area contributed by atoms with Crippen molar-refractivity contribution < 1.29 is 9.53 Å². The Labute approximate surface area is 196 Å². The van der Waals surface area contributed by atoms with Crippen molar-refractivity contribution in [2.75, 3.05) is 69.0 Å². The van der Waals surface area contributed by atoms with Crippen LogP contribution in [0.4, 0.5) is 17.1 Å². The number of methoxy groups -OCH3 is 1. The average molecular weight is 467 g/mol. The summed E-state index contributed by atoms with van der Waals surface area (Å²) in [5.74, 6) is 0.842. The summed E-state index contributed by atoms with van der Waals surface area (Å²) >= 11 is 6.22. The third-order valence-corrected chi connectivity index (χ3v) is 5.57. The summed E-state index contributed by atoms with van der Waals surface area (Å²) in [5, 5.41) is 4.20. The lowest BCUT2D eigenvalue weighted by atomic mass is 10.1. The van der Waals surface area contributed by atoms with Crippen LogP contribution in [0.2, 0.25) is 5.02 Å². The Morgan fingerprint density at radius 2 is 1.74 bits per heavy atom. The van der Waals surface area contributed by atoms with Crippen LogP contribution in [0, 0.1) is 0 Å². The Hall–Kier alpha value is -2.31. The lowest BCUT2D eigenvalue weighted by molar-refractivity contribution is 0.0828. The molecule has 1 fully saturated rings. The minimum Gasteiger partial charge on any atom is -0.495 e. The lowest BCUT2D eigenvalue weighted by Gasteiger charge is -2.39. The number of hydrogen-bond donors (Lipinski definition) is 1. The molecule has 6 nitrogen and oxygen atoms in total. The molecule has 31 heavy (non-hydrogen) atoms. The Morgan fingerprint density at radius 3 is 2.32 bits per heavy atom. The van der Waals surface area contributed by atoms with Crippen molar-refractivity contribution in [3.05, 3.63) is 47.0 Å². The molecule has 8 heteroatoms. The van der Waals surface area contributed by atoms with Crippen LogP contribution in [0.5, 0.6) is 5.75 Å². The van der Waals surface area contributed by atoms with Gasteiger partial charge in [0.25, 0.3) is 5.91 Å². The van der Waals surface area contributed by atoms with E-state index in [0.717, 1.165) is 62.0 Å². The largest absolute Gasteiger partial charge is 0.495 e. The number of halogens is 2. The molecule has 1 heterocycles. The molecule has 3 rings (SSSR count). The molecule has 1 aliphatic rings. The molecule has 0 atom stereocenters. The number of para-hydroxylation sites is 1. The molecule has 0 aromatic heterocycles. The Morgan fingerprint density at radius 1 is 1.10 bits per heavy atom. The Bertz CT molecular complexity index is 884. The van der Waals surface area contributed by atoms with Gasteiger partial charge < -0.3 is 24.8 Å². The van der Waals surface area contributed by atoms with Gasteiger partial charge in [-0.3, -0.25) is 4.79 Å². The molecule has 1 aliphatic heterocycles. The molecule has 2 aromatic carbocycles.